The fourth-order valence-corrected chi connectivity index (χ4v) is 2.45. The average Bonchev–Trinajstić information content (AvgIpc) is 3.31. The fourth-order valence-electron chi connectivity index (χ4n) is 2.45. The summed E-state index contributed by atoms with van der Waals surface area (Å²) in [4.78, 5) is 0. The van der Waals surface area contributed by atoms with E-state index in [1.54, 1.807) is 0 Å². The van der Waals surface area contributed by atoms with E-state index in [0.29, 0.717) is 6.10 Å². The molecule has 21 heavy (non-hydrogen) atoms. The van der Waals surface area contributed by atoms with E-state index >= 15 is 0 Å². The molecule has 1 aliphatic rings. The zero-order chi connectivity index (χ0) is 14.7. The van der Waals surface area contributed by atoms with E-state index in [-0.39, 0.29) is 0 Å². The van der Waals surface area contributed by atoms with E-state index in [4.69, 9.17) is 4.74 Å². The maximum atomic E-state index is 5.81. The van der Waals surface area contributed by atoms with Crippen molar-refractivity contribution in [1.29, 1.82) is 0 Å². The van der Waals surface area contributed by atoms with Gasteiger partial charge >= 0.3 is 0 Å². The molecule has 2 heteroatoms. The lowest BCUT2D eigenvalue weighted by Crippen LogP contribution is -2.11. The molecule has 0 saturated heterocycles. The van der Waals surface area contributed by atoms with Gasteiger partial charge in [-0.25, -0.2) is 0 Å². The van der Waals surface area contributed by atoms with Crippen molar-refractivity contribution in [2.24, 2.45) is 0 Å². The van der Waals surface area contributed by atoms with Crippen molar-refractivity contribution in [3.8, 4) is 16.9 Å². The van der Waals surface area contributed by atoms with E-state index in [1.807, 2.05) is 0 Å². The molecule has 0 amide bonds. The van der Waals surface area contributed by atoms with Gasteiger partial charge in [-0.15, -0.1) is 0 Å². The minimum Gasteiger partial charge on any atom is -0.490 e. The highest BCUT2D eigenvalue weighted by molar-refractivity contribution is 5.68. The third kappa shape index (κ3) is 3.64. The predicted molar refractivity (Wildman–Crippen MR) is 87.6 cm³/mol. The molecule has 0 heterocycles. The van der Waals surface area contributed by atoms with Gasteiger partial charge in [-0.2, -0.15) is 0 Å². The van der Waals surface area contributed by atoms with Gasteiger partial charge in [0.15, 0.2) is 0 Å². The van der Waals surface area contributed by atoms with Gasteiger partial charge in [0.05, 0.1) is 6.10 Å². The van der Waals surface area contributed by atoms with Gasteiger partial charge < -0.3 is 10.1 Å². The molecule has 1 N–H and O–H groups in total. The number of nitrogens with one attached hydrogen (secondary N) is 1. The molecule has 1 fully saturated rings. The molecule has 0 atom stereocenters. The first-order valence-electron chi connectivity index (χ1n) is 7.83. The Morgan fingerprint density at radius 1 is 1.10 bits per heavy atom. The predicted octanol–water partition coefficient (Wildman–Crippen LogP) is 4.31. The van der Waals surface area contributed by atoms with Crippen LogP contribution in [-0.2, 0) is 6.54 Å². The number of benzene rings is 2. The minimum atomic E-state index is 0.459. The van der Waals surface area contributed by atoms with Gasteiger partial charge in [-0.05, 0) is 66.8 Å². The first kappa shape index (κ1) is 14.2. The highest BCUT2D eigenvalue weighted by Crippen LogP contribution is 2.30. The molecule has 2 nitrogen and oxygen atoms in total. The summed E-state index contributed by atoms with van der Waals surface area (Å²) in [6.45, 7) is 6.22. The standard InChI is InChI=1S/C19H23NO/c1-3-20-13-15-5-4-14(2)19(12-15)16-6-8-17(9-7-16)21-18-10-11-18/h4-9,12,18,20H,3,10-11,13H2,1-2H3. The van der Waals surface area contributed by atoms with Crippen LogP contribution in [0.3, 0.4) is 0 Å². The maximum Gasteiger partial charge on any atom is 0.119 e. The van der Waals surface area contributed by atoms with Crippen LogP contribution >= 0.6 is 0 Å². The Morgan fingerprint density at radius 2 is 1.86 bits per heavy atom. The quantitative estimate of drug-likeness (QED) is 0.851. The van der Waals surface area contributed by atoms with Crippen LogP contribution in [0.15, 0.2) is 42.5 Å². The summed E-state index contributed by atoms with van der Waals surface area (Å²) in [6, 6.07) is 15.2. The molecule has 110 valence electrons. The van der Waals surface area contributed by atoms with Crippen molar-refractivity contribution in [1.82, 2.24) is 5.32 Å². The Hall–Kier alpha value is -1.80. The summed E-state index contributed by atoms with van der Waals surface area (Å²) in [5, 5.41) is 3.38. The second kappa shape index (κ2) is 6.31. The average molecular weight is 281 g/mol. The lowest BCUT2D eigenvalue weighted by atomic mass is 9.98. The monoisotopic (exact) mass is 281 g/mol. The highest BCUT2D eigenvalue weighted by Gasteiger charge is 2.23. The van der Waals surface area contributed by atoms with Crippen LogP contribution in [0.25, 0.3) is 11.1 Å². The number of ether oxygens (including phenoxy) is 1. The van der Waals surface area contributed by atoms with Gasteiger partial charge in [-0.1, -0.05) is 31.2 Å². The SMILES string of the molecule is CCNCc1ccc(C)c(-c2ccc(OC3CC3)cc2)c1. The van der Waals surface area contributed by atoms with Crippen molar-refractivity contribution < 1.29 is 4.74 Å². The van der Waals surface area contributed by atoms with Crippen LogP contribution in [-0.4, -0.2) is 12.6 Å². The van der Waals surface area contributed by atoms with Gasteiger partial charge in [0.1, 0.15) is 5.75 Å². The normalized spacial score (nSPS) is 14.2. The van der Waals surface area contributed by atoms with Crippen molar-refractivity contribution in [3.05, 3.63) is 53.6 Å². The summed E-state index contributed by atoms with van der Waals surface area (Å²) in [7, 11) is 0. The smallest absolute Gasteiger partial charge is 0.119 e. The van der Waals surface area contributed by atoms with Crippen molar-refractivity contribution in [2.45, 2.75) is 39.3 Å². The zero-order valence-corrected chi connectivity index (χ0v) is 12.9. The molecular weight excluding hydrogens is 258 g/mol. The number of aryl methyl sites for hydroxylation is 1. The molecule has 0 spiro atoms. The third-order valence-corrected chi connectivity index (χ3v) is 3.87. The van der Waals surface area contributed by atoms with Crippen molar-refractivity contribution >= 4 is 0 Å². The minimum absolute atomic E-state index is 0.459. The summed E-state index contributed by atoms with van der Waals surface area (Å²) >= 11 is 0. The summed E-state index contributed by atoms with van der Waals surface area (Å²) in [5.41, 5.74) is 5.21. The van der Waals surface area contributed by atoms with Crippen LogP contribution < -0.4 is 10.1 Å². The maximum absolute atomic E-state index is 5.81. The van der Waals surface area contributed by atoms with E-state index in [0.717, 1.165) is 18.8 Å². The van der Waals surface area contributed by atoms with Crippen LogP contribution in [0.4, 0.5) is 0 Å². The second-order valence-electron chi connectivity index (χ2n) is 5.77. The lowest BCUT2D eigenvalue weighted by Gasteiger charge is -2.11. The Balaban J connectivity index is 1.80. The molecule has 0 aromatic heterocycles. The van der Waals surface area contributed by atoms with Gasteiger partial charge in [-0.3, -0.25) is 0 Å². The largest absolute Gasteiger partial charge is 0.490 e. The van der Waals surface area contributed by atoms with E-state index < -0.39 is 0 Å². The molecule has 0 aliphatic heterocycles. The lowest BCUT2D eigenvalue weighted by molar-refractivity contribution is 0.303. The van der Waals surface area contributed by atoms with Crippen LogP contribution in [0, 0.1) is 6.92 Å². The Bertz CT molecular complexity index is 599. The fraction of sp³-hybridized carbons (Fsp3) is 0.368. The second-order valence-corrected chi connectivity index (χ2v) is 5.77. The molecule has 1 aliphatic carbocycles. The van der Waals surface area contributed by atoms with E-state index in [2.05, 4.69) is 61.6 Å². The first-order chi connectivity index (χ1) is 10.3. The van der Waals surface area contributed by atoms with Crippen LogP contribution in [0.1, 0.15) is 30.9 Å². The summed E-state index contributed by atoms with van der Waals surface area (Å²) in [6.07, 6.45) is 2.86. The third-order valence-electron chi connectivity index (χ3n) is 3.87. The van der Waals surface area contributed by atoms with Crippen molar-refractivity contribution in [3.63, 3.8) is 0 Å². The molecule has 0 radical (unpaired) electrons. The molecule has 2 aromatic rings. The zero-order valence-electron chi connectivity index (χ0n) is 12.9. The topological polar surface area (TPSA) is 21.3 Å². The van der Waals surface area contributed by atoms with Gasteiger partial charge in [0.25, 0.3) is 0 Å². The number of hydrogen-bond donors (Lipinski definition) is 1. The first-order valence-corrected chi connectivity index (χ1v) is 7.83. The molecular formula is C19H23NO. The molecule has 0 unspecified atom stereocenters. The summed E-state index contributed by atoms with van der Waals surface area (Å²) < 4.78 is 5.81. The van der Waals surface area contributed by atoms with Crippen molar-refractivity contribution in [2.75, 3.05) is 6.54 Å². The molecule has 0 bridgehead atoms. The van der Waals surface area contributed by atoms with E-state index in [9.17, 15) is 0 Å². The highest BCUT2D eigenvalue weighted by atomic mass is 16.5. The van der Waals surface area contributed by atoms with Gasteiger partial charge in [0, 0.05) is 6.54 Å². The Labute approximate surface area is 127 Å². The Kier molecular flexibility index (Phi) is 4.26. The summed E-state index contributed by atoms with van der Waals surface area (Å²) in [5.74, 6) is 0.989. The van der Waals surface area contributed by atoms with E-state index in [1.165, 1.54) is 35.1 Å². The van der Waals surface area contributed by atoms with Gasteiger partial charge in [0.2, 0.25) is 0 Å². The number of rotatable bonds is 6. The van der Waals surface area contributed by atoms with Crippen LogP contribution in [0.5, 0.6) is 5.75 Å². The molecule has 2 aromatic carbocycles. The Morgan fingerprint density at radius 3 is 2.52 bits per heavy atom. The number of hydrogen-bond acceptors (Lipinski definition) is 2. The molecule has 3 rings (SSSR count). The van der Waals surface area contributed by atoms with Crippen LogP contribution in [0.2, 0.25) is 0 Å². The molecule has 1 saturated carbocycles.